The minimum Gasteiger partial charge on any atom is -0.459 e. The lowest BCUT2D eigenvalue weighted by molar-refractivity contribution is -0.0806. The third-order valence-electron chi connectivity index (χ3n) is 6.76. The Labute approximate surface area is 221 Å². The second-order valence-corrected chi connectivity index (χ2v) is 9.50. The summed E-state index contributed by atoms with van der Waals surface area (Å²) in [5.74, 6) is -1.05. The molecule has 2 fully saturated rings. The van der Waals surface area contributed by atoms with E-state index < -0.39 is 42.4 Å². The molecule has 0 aliphatic carbocycles. The number of ether oxygens (including phenoxy) is 3. The average Bonchev–Trinajstić information content (AvgIpc) is 3.29. The van der Waals surface area contributed by atoms with E-state index in [-0.39, 0.29) is 19.7 Å². The maximum atomic E-state index is 13.0. The quantitative estimate of drug-likeness (QED) is 0.494. The van der Waals surface area contributed by atoms with Crippen LogP contribution in [0.3, 0.4) is 0 Å². The minimum atomic E-state index is -0.810. The SMILES string of the molecule is CCCCN1CN([C@H]2C[C@H](OC(=O)c3ccccc3C)[C@@H](COC(=O)c3ccccc3C)O2)C(=O)NC1=O. The van der Waals surface area contributed by atoms with E-state index in [1.54, 1.807) is 24.3 Å². The number of amides is 4. The Morgan fingerprint density at radius 3 is 2.24 bits per heavy atom. The maximum absolute atomic E-state index is 13.0. The summed E-state index contributed by atoms with van der Waals surface area (Å²) in [6.07, 6.45) is -0.545. The molecule has 38 heavy (non-hydrogen) atoms. The number of nitrogens with one attached hydrogen (secondary N) is 1. The molecule has 202 valence electrons. The Hall–Kier alpha value is -3.92. The summed E-state index contributed by atoms with van der Waals surface area (Å²) in [6, 6.07) is 13.1. The Kier molecular flexibility index (Phi) is 8.62. The number of urea groups is 2. The van der Waals surface area contributed by atoms with Crippen molar-refractivity contribution in [2.45, 2.75) is 58.5 Å². The summed E-state index contributed by atoms with van der Waals surface area (Å²) >= 11 is 0. The zero-order valence-electron chi connectivity index (χ0n) is 21.8. The highest BCUT2D eigenvalue weighted by Crippen LogP contribution is 2.29. The number of benzene rings is 2. The van der Waals surface area contributed by atoms with E-state index in [4.69, 9.17) is 14.2 Å². The molecule has 10 nitrogen and oxygen atoms in total. The van der Waals surface area contributed by atoms with E-state index in [0.29, 0.717) is 17.7 Å². The molecule has 0 saturated carbocycles. The fraction of sp³-hybridized carbons (Fsp3) is 0.429. The fourth-order valence-electron chi connectivity index (χ4n) is 4.50. The van der Waals surface area contributed by atoms with Crippen LogP contribution < -0.4 is 5.32 Å². The van der Waals surface area contributed by atoms with E-state index in [1.807, 2.05) is 45.0 Å². The number of nitrogens with zero attached hydrogens (tertiary/aromatic N) is 2. The van der Waals surface area contributed by atoms with E-state index in [2.05, 4.69) is 5.32 Å². The van der Waals surface area contributed by atoms with Crippen molar-refractivity contribution in [2.75, 3.05) is 19.8 Å². The van der Waals surface area contributed by atoms with Crippen molar-refractivity contribution >= 4 is 24.0 Å². The summed E-state index contributed by atoms with van der Waals surface area (Å²) in [5, 5.41) is 2.35. The molecule has 2 aromatic rings. The molecule has 0 aromatic heterocycles. The van der Waals surface area contributed by atoms with Crippen LogP contribution in [0.1, 0.15) is 58.0 Å². The first-order chi connectivity index (χ1) is 18.3. The summed E-state index contributed by atoms with van der Waals surface area (Å²) in [4.78, 5) is 53.6. The molecule has 1 N–H and O–H groups in total. The third kappa shape index (κ3) is 6.13. The number of aryl methyl sites for hydroxylation is 2. The number of hydrogen-bond acceptors (Lipinski definition) is 7. The largest absolute Gasteiger partial charge is 0.459 e. The second-order valence-electron chi connectivity index (χ2n) is 9.50. The van der Waals surface area contributed by atoms with Crippen molar-refractivity contribution < 1.29 is 33.4 Å². The Bertz CT molecular complexity index is 1200. The lowest BCUT2D eigenvalue weighted by Crippen LogP contribution is -2.61. The smallest absolute Gasteiger partial charge is 0.338 e. The van der Waals surface area contributed by atoms with Crippen molar-refractivity contribution in [2.24, 2.45) is 0 Å². The molecular formula is C28H33N3O7. The molecule has 2 aliphatic rings. The normalized spacial score (nSPS) is 21.3. The zero-order chi connectivity index (χ0) is 27.2. The standard InChI is InChI=1S/C28H33N3O7/c1-4-5-14-30-17-31(28(35)29-27(30)34)24-15-22(38-26(33)21-13-9-7-11-19(21)3)23(37-24)16-36-25(32)20-12-8-6-10-18(20)2/h6-13,22-24H,4-5,14-17H2,1-3H3,(H,29,34,35)/t22-,23+,24+/m0/s1. The van der Waals surface area contributed by atoms with Crippen LogP contribution in [0.4, 0.5) is 9.59 Å². The van der Waals surface area contributed by atoms with Gasteiger partial charge in [0.15, 0.2) is 0 Å². The van der Waals surface area contributed by atoms with E-state index in [9.17, 15) is 19.2 Å². The lowest BCUT2D eigenvalue weighted by Gasteiger charge is -2.38. The van der Waals surface area contributed by atoms with Crippen molar-refractivity contribution in [1.82, 2.24) is 15.1 Å². The van der Waals surface area contributed by atoms with Crippen molar-refractivity contribution in [3.05, 3.63) is 70.8 Å². The summed E-state index contributed by atoms with van der Waals surface area (Å²) < 4.78 is 17.5. The Balaban J connectivity index is 1.50. The molecule has 4 rings (SSSR count). The second kappa shape index (κ2) is 12.1. The maximum Gasteiger partial charge on any atom is 0.338 e. The highest BCUT2D eigenvalue weighted by atomic mass is 16.6. The molecule has 2 saturated heterocycles. The van der Waals surface area contributed by atoms with Crippen LogP contribution >= 0.6 is 0 Å². The van der Waals surface area contributed by atoms with Crippen LogP contribution in [0.5, 0.6) is 0 Å². The highest BCUT2D eigenvalue weighted by molar-refractivity contribution is 5.95. The molecule has 4 amide bonds. The monoisotopic (exact) mass is 523 g/mol. The van der Waals surface area contributed by atoms with Gasteiger partial charge >= 0.3 is 24.0 Å². The van der Waals surface area contributed by atoms with Crippen LogP contribution in [0.15, 0.2) is 48.5 Å². The number of rotatable bonds is 9. The number of unbranched alkanes of at least 4 members (excludes halogenated alkanes) is 1. The van der Waals surface area contributed by atoms with Gasteiger partial charge in [-0.2, -0.15) is 0 Å². The molecule has 10 heteroatoms. The molecule has 3 atom stereocenters. The summed E-state index contributed by atoms with van der Waals surface area (Å²) in [6.45, 7) is 5.99. The van der Waals surface area contributed by atoms with Gasteiger partial charge in [0.05, 0.1) is 11.1 Å². The first-order valence-electron chi connectivity index (χ1n) is 12.8. The van der Waals surface area contributed by atoms with Gasteiger partial charge in [0.25, 0.3) is 0 Å². The Morgan fingerprint density at radius 2 is 1.61 bits per heavy atom. The van der Waals surface area contributed by atoms with Crippen LogP contribution in [-0.2, 0) is 14.2 Å². The number of carbonyl (C=O) groups is 4. The van der Waals surface area contributed by atoms with Crippen molar-refractivity contribution in [3.8, 4) is 0 Å². The van der Waals surface area contributed by atoms with E-state index >= 15 is 0 Å². The van der Waals surface area contributed by atoms with Gasteiger partial charge < -0.3 is 19.1 Å². The first-order valence-corrected chi connectivity index (χ1v) is 12.8. The predicted octanol–water partition coefficient (Wildman–Crippen LogP) is 4.01. The van der Waals surface area contributed by atoms with Gasteiger partial charge in [0, 0.05) is 13.0 Å². The van der Waals surface area contributed by atoms with E-state index in [0.717, 1.165) is 24.0 Å². The van der Waals surface area contributed by atoms with Gasteiger partial charge in [-0.25, -0.2) is 19.2 Å². The highest BCUT2D eigenvalue weighted by Gasteiger charge is 2.45. The van der Waals surface area contributed by atoms with E-state index in [1.165, 1.54) is 9.80 Å². The van der Waals surface area contributed by atoms with Gasteiger partial charge in [-0.15, -0.1) is 0 Å². The zero-order valence-corrected chi connectivity index (χ0v) is 21.8. The molecule has 0 unspecified atom stereocenters. The average molecular weight is 524 g/mol. The van der Waals surface area contributed by atoms with Gasteiger partial charge in [-0.05, 0) is 43.5 Å². The van der Waals surface area contributed by atoms with Crippen LogP contribution in [0.25, 0.3) is 0 Å². The Morgan fingerprint density at radius 1 is 0.974 bits per heavy atom. The molecule has 0 spiro atoms. The van der Waals surface area contributed by atoms with Gasteiger partial charge in [-0.3, -0.25) is 10.2 Å². The van der Waals surface area contributed by atoms with Crippen LogP contribution in [-0.4, -0.2) is 72.1 Å². The molecule has 2 heterocycles. The number of hydrogen-bond donors (Lipinski definition) is 1. The summed E-state index contributed by atoms with van der Waals surface area (Å²) in [5.41, 5.74) is 2.37. The van der Waals surface area contributed by atoms with Gasteiger partial charge in [-0.1, -0.05) is 49.7 Å². The number of esters is 2. The number of carbonyl (C=O) groups excluding carboxylic acids is 4. The number of imide groups is 1. The van der Waals surface area contributed by atoms with Crippen molar-refractivity contribution in [3.63, 3.8) is 0 Å². The molecule has 0 bridgehead atoms. The lowest BCUT2D eigenvalue weighted by atomic mass is 10.1. The minimum absolute atomic E-state index is 0.0451. The van der Waals surface area contributed by atoms with Crippen molar-refractivity contribution in [1.29, 1.82) is 0 Å². The van der Waals surface area contributed by atoms with Crippen LogP contribution in [0, 0.1) is 13.8 Å². The fourth-order valence-corrected chi connectivity index (χ4v) is 4.50. The third-order valence-corrected chi connectivity index (χ3v) is 6.76. The molecule has 0 radical (unpaired) electrons. The topological polar surface area (TPSA) is 114 Å². The van der Waals surface area contributed by atoms with Gasteiger partial charge in [0.1, 0.15) is 31.7 Å². The molecular weight excluding hydrogens is 490 g/mol. The van der Waals surface area contributed by atoms with Gasteiger partial charge in [0.2, 0.25) is 0 Å². The molecule has 2 aromatic carbocycles. The molecule has 2 aliphatic heterocycles. The predicted molar refractivity (Wildman–Crippen MR) is 137 cm³/mol. The summed E-state index contributed by atoms with van der Waals surface area (Å²) in [7, 11) is 0. The van der Waals surface area contributed by atoms with Crippen LogP contribution in [0.2, 0.25) is 0 Å². The first kappa shape index (κ1) is 27.1.